The molecule has 0 atom stereocenters. The third-order valence-electron chi connectivity index (χ3n) is 1.98. The standard InChI is InChI=1S/C7H9NO2/c1-5-8-4-2-3-6(8)7(9)10-5/h2-4H2,1H3. The third kappa shape index (κ3) is 0.574. The van der Waals surface area contributed by atoms with Crippen LogP contribution in [0, 0.1) is 6.92 Å². The second-order valence-electron chi connectivity index (χ2n) is 2.61. The molecule has 54 valence electrons. The van der Waals surface area contributed by atoms with Crippen molar-refractivity contribution in [1.29, 1.82) is 0 Å². The predicted molar refractivity (Wildman–Crippen MR) is 31.4 cm³/mol. The number of hydrogen-bond acceptors (Lipinski definition) is 2. The van der Waals surface area contributed by atoms with Crippen molar-refractivity contribution >= 4 is 0 Å². The molecule has 0 radical (unpaired) electrons. The fraction of sp³-hybridized carbons (Fsp3) is 0.571. The summed E-state index contributed by atoms with van der Waals surface area (Å²) in [5, 5.41) is 10.9. The summed E-state index contributed by atoms with van der Waals surface area (Å²) in [4.78, 5) is 0. The Hall–Kier alpha value is -0.990. The first-order chi connectivity index (χ1) is 4.79. The van der Waals surface area contributed by atoms with Crippen LogP contribution in [0.5, 0.6) is 5.95 Å². The van der Waals surface area contributed by atoms with Crippen molar-refractivity contribution in [3.05, 3.63) is 11.6 Å². The minimum absolute atomic E-state index is 0.144. The first-order valence-electron chi connectivity index (χ1n) is 3.48. The van der Waals surface area contributed by atoms with Gasteiger partial charge in [-0.15, -0.1) is 0 Å². The molecule has 0 saturated carbocycles. The van der Waals surface area contributed by atoms with Gasteiger partial charge >= 0.3 is 0 Å². The van der Waals surface area contributed by atoms with Gasteiger partial charge in [0.1, 0.15) is 12.5 Å². The second-order valence-corrected chi connectivity index (χ2v) is 2.61. The lowest BCUT2D eigenvalue weighted by Gasteiger charge is -1.88. The topological polar surface area (TPSA) is 40.1 Å². The van der Waals surface area contributed by atoms with Gasteiger partial charge in [0.2, 0.25) is 11.6 Å². The molecular formula is C7H9NO2. The van der Waals surface area contributed by atoms with E-state index in [0.717, 1.165) is 31.0 Å². The first-order valence-corrected chi connectivity index (χ1v) is 3.48. The van der Waals surface area contributed by atoms with E-state index in [9.17, 15) is 5.11 Å². The summed E-state index contributed by atoms with van der Waals surface area (Å²) in [5.41, 5.74) is 0.845. The summed E-state index contributed by atoms with van der Waals surface area (Å²) in [6.07, 6.45) is 1.97. The van der Waals surface area contributed by atoms with Crippen LogP contribution in [-0.4, -0.2) is 0 Å². The minimum Gasteiger partial charge on any atom is -0.540 e. The SMILES string of the molecule is Cc1oc([O-])c2[n+]1CCC2. The molecule has 0 N–H and O–H groups in total. The van der Waals surface area contributed by atoms with Crippen LogP contribution in [0.3, 0.4) is 0 Å². The molecule has 10 heavy (non-hydrogen) atoms. The Balaban J connectivity index is 2.61. The highest BCUT2D eigenvalue weighted by Crippen LogP contribution is 2.18. The summed E-state index contributed by atoms with van der Waals surface area (Å²) in [6.45, 7) is 2.78. The maximum absolute atomic E-state index is 10.9. The Labute approximate surface area is 58.9 Å². The molecule has 1 aromatic heterocycles. The minimum atomic E-state index is -0.144. The van der Waals surface area contributed by atoms with Crippen LogP contribution in [-0.2, 0) is 13.0 Å². The summed E-state index contributed by atoms with van der Waals surface area (Å²) in [5.74, 6) is 0.604. The van der Waals surface area contributed by atoms with Gasteiger partial charge in [-0.25, -0.2) is 0 Å². The van der Waals surface area contributed by atoms with Crippen LogP contribution in [0.1, 0.15) is 18.0 Å². The Bertz CT molecular complexity index is 240. The van der Waals surface area contributed by atoms with E-state index >= 15 is 0 Å². The Morgan fingerprint density at radius 2 is 2.40 bits per heavy atom. The van der Waals surface area contributed by atoms with Crippen LogP contribution in [0.15, 0.2) is 4.42 Å². The lowest BCUT2D eigenvalue weighted by molar-refractivity contribution is -0.700. The number of hydrogen-bond donors (Lipinski definition) is 0. The van der Waals surface area contributed by atoms with Crippen molar-refractivity contribution in [2.24, 2.45) is 0 Å². The number of aryl methyl sites for hydroxylation is 1. The van der Waals surface area contributed by atoms with Crippen molar-refractivity contribution in [3.63, 3.8) is 0 Å². The molecular weight excluding hydrogens is 130 g/mol. The van der Waals surface area contributed by atoms with E-state index in [-0.39, 0.29) is 5.95 Å². The van der Waals surface area contributed by atoms with Gasteiger partial charge in [0.15, 0.2) is 0 Å². The fourth-order valence-corrected chi connectivity index (χ4v) is 1.48. The zero-order valence-electron chi connectivity index (χ0n) is 5.89. The Kier molecular flexibility index (Phi) is 1.01. The fourth-order valence-electron chi connectivity index (χ4n) is 1.48. The molecule has 1 aromatic rings. The normalized spacial score (nSPS) is 15.7. The van der Waals surface area contributed by atoms with E-state index < -0.39 is 0 Å². The molecule has 0 amide bonds. The number of oxazole rings is 1. The molecule has 3 heteroatoms. The lowest BCUT2D eigenvalue weighted by Crippen LogP contribution is -2.33. The largest absolute Gasteiger partial charge is 0.540 e. The molecule has 2 rings (SSSR count). The Morgan fingerprint density at radius 1 is 1.60 bits per heavy atom. The number of nitrogens with zero attached hydrogens (tertiary/aromatic N) is 1. The van der Waals surface area contributed by atoms with E-state index in [0.29, 0.717) is 0 Å². The van der Waals surface area contributed by atoms with E-state index in [4.69, 9.17) is 4.42 Å². The van der Waals surface area contributed by atoms with E-state index in [1.54, 1.807) is 0 Å². The molecule has 0 bridgehead atoms. The monoisotopic (exact) mass is 139 g/mol. The molecule has 0 aromatic carbocycles. The lowest BCUT2D eigenvalue weighted by atomic mass is 10.3. The average molecular weight is 139 g/mol. The number of aromatic nitrogens is 1. The van der Waals surface area contributed by atoms with Gasteiger partial charge in [0.25, 0.3) is 0 Å². The Morgan fingerprint density at radius 3 is 3.10 bits per heavy atom. The molecule has 3 nitrogen and oxygen atoms in total. The average Bonchev–Trinajstić information content (AvgIpc) is 2.39. The van der Waals surface area contributed by atoms with E-state index in [1.165, 1.54) is 0 Å². The molecule has 0 fully saturated rings. The summed E-state index contributed by atoms with van der Waals surface area (Å²) < 4.78 is 6.86. The number of rotatable bonds is 0. The van der Waals surface area contributed by atoms with Gasteiger partial charge in [0, 0.05) is 19.8 Å². The second kappa shape index (κ2) is 1.75. The smallest absolute Gasteiger partial charge is 0.233 e. The molecule has 0 unspecified atom stereocenters. The molecule has 0 spiro atoms. The van der Waals surface area contributed by atoms with E-state index in [2.05, 4.69) is 0 Å². The van der Waals surface area contributed by atoms with Crippen LogP contribution in [0.2, 0.25) is 0 Å². The highest BCUT2D eigenvalue weighted by Gasteiger charge is 2.23. The van der Waals surface area contributed by atoms with Crippen molar-refractivity contribution < 1.29 is 14.1 Å². The molecule has 0 aliphatic carbocycles. The first kappa shape index (κ1) is 5.77. The summed E-state index contributed by atoms with van der Waals surface area (Å²) in [6, 6.07) is 0. The van der Waals surface area contributed by atoms with Gasteiger partial charge in [0.05, 0.1) is 0 Å². The highest BCUT2D eigenvalue weighted by molar-refractivity contribution is 5.07. The summed E-state index contributed by atoms with van der Waals surface area (Å²) in [7, 11) is 0. The van der Waals surface area contributed by atoms with Crippen LogP contribution >= 0.6 is 0 Å². The highest BCUT2D eigenvalue weighted by atomic mass is 16.5. The van der Waals surface area contributed by atoms with Gasteiger partial charge in [-0.2, -0.15) is 4.57 Å². The van der Waals surface area contributed by atoms with Crippen molar-refractivity contribution in [3.8, 4) is 5.95 Å². The quantitative estimate of drug-likeness (QED) is 0.471. The molecule has 1 aliphatic heterocycles. The van der Waals surface area contributed by atoms with E-state index in [1.807, 2.05) is 11.5 Å². The van der Waals surface area contributed by atoms with Crippen molar-refractivity contribution in [2.75, 3.05) is 0 Å². The van der Waals surface area contributed by atoms with Crippen LogP contribution < -0.4 is 9.67 Å². The molecule has 0 saturated heterocycles. The van der Waals surface area contributed by atoms with Gasteiger partial charge in [-0.05, 0) is 0 Å². The van der Waals surface area contributed by atoms with Crippen molar-refractivity contribution in [1.82, 2.24) is 0 Å². The number of fused-ring (bicyclic) bond motifs is 1. The van der Waals surface area contributed by atoms with Gasteiger partial charge < -0.3 is 9.52 Å². The maximum atomic E-state index is 10.9. The van der Waals surface area contributed by atoms with Crippen molar-refractivity contribution in [2.45, 2.75) is 26.3 Å². The molecule has 1 aliphatic rings. The maximum Gasteiger partial charge on any atom is 0.233 e. The molecule has 2 heterocycles. The van der Waals surface area contributed by atoms with Gasteiger partial charge in [-0.3, -0.25) is 0 Å². The summed E-state index contributed by atoms with van der Waals surface area (Å²) >= 11 is 0. The van der Waals surface area contributed by atoms with Crippen LogP contribution in [0.4, 0.5) is 0 Å². The predicted octanol–water partition coefficient (Wildman–Crippen LogP) is -0.105. The third-order valence-corrected chi connectivity index (χ3v) is 1.98. The van der Waals surface area contributed by atoms with Gasteiger partial charge in [-0.1, -0.05) is 0 Å². The zero-order chi connectivity index (χ0) is 7.14. The zero-order valence-corrected chi connectivity index (χ0v) is 5.89. The van der Waals surface area contributed by atoms with Crippen LogP contribution in [0.25, 0.3) is 0 Å².